The summed E-state index contributed by atoms with van der Waals surface area (Å²) < 4.78 is 0. The van der Waals surface area contributed by atoms with E-state index in [-0.39, 0.29) is 0 Å². The molecule has 0 aliphatic carbocycles. The predicted molar refractivity (Wildman–Crippen MR) is 75.7 cm³/mol. The number of nitrogens with one attached hydrogen (secondary N) is 1. The van der Waals surface area contributed by atoms with E-state index in [1.807, 2.05) is 45.2 Å². The Kier molecular flexibility index (Phi) is 12.4. The molecule has 4 heteroatoms. The number of rotatable bonds is 2. The van der Waals surface area contributed by atoms with Crippen molar-refractivity contribution >= 4 is 11.4 Å². The molecular formula is C13H23N3O. The number of anilines is 1. The largest absolute Gasteiger partial charge is 0.411 e. The van der Waals surface area contributed by atoms with E-state index >= 15 is 0 Å². The van der Waals surface area contributed by atoms with Gasteiger partial charge in [-0.1, -0.05) is 37.7 Å². The Morgan fingerprint density at radius 3 is 2.41 bits per heavy atom. The van der Waals surface area contributed by atoms with Gasteiger partial charge in [0.15, 0.2) is 0 Å². The first-order chi connectivity index (χ1) is 8.19. The lowest BCUT2D eigenvalue weighted by molar-refractivity contribution is 0.319. The Hall–Kier alpha value is -1.97. The van der Waals surface area contributed by atoms with Gasteiger partial charge in [0.2, 0.25) is 0 Å². The molecule has 0 heterocycles. The van der Waals surface area contributed by atoms with E-state index in [0.717, 1.165) is 11.3 Å². The van der Waals surface area contributed by atoms with Gasteiger partial charge in [0.25, 0.3) is 0 Å². The maximum Gasteiger partial charge on any atom is 0.0837 e. The molecule has 1 aromatic carbocycles. The van der Waals surface area contributed by atoms with Crippen molar-refractivity contribution in [3.63, 3.8) is 0 Å². The zero-order chi connectivity index (χ0) is 13.7. The van der Waals surface area contributed by atoms with Gasteiger partial charge in [-0.05, 0) is 25.3 Å². The average molecular weight is 237 g/mol. The van der Waals surface area contributed by atoms with Gasteiger partial charge in [0.05, 0.1) is 5.71 Å². The SMILES string of the molecule is C=CN.CC.CNc1cccc(/C(C)=N\O)c1. The summed E-state index contributed by atoms with van der Waals surface area (Å²) in [6, 6.07) is 7.69. The average Bonchev–Trinajstić information content (AvgIpc) is 2.41. The van der Waals surface area contributed by atoms with Crippen LogP contribution in [0.4, 0.5) is 5.69 Å². The van der Waals surface area contributed by atoms with Gasteiger partial charge in [-0.25, -0.2) is 0 Å². The third-order valence-corrected chi connectivity index (χ3v) is 1.72. The summed E-state index contributed by atoms with van der Waals surface area (Å²) in [6.07, 6.45) is 1.25. The van der Waals surface area contributed by atoms with Crippen LogP contribution in [0.2, 0.25) is 0 Å². The number of nitrogens with zero attached hydrogens (tertiary/aromatic N) is 1. The molecule has 4 N–H and O–H groups in total. The van der Waals surface area contributed by atoms with Crippen molar-refractivity contribution in [2.75, 3.05) is 12.4 Å². The van der Waals surface area contributed by atoms with E-state index in [0.29, 0.717) is 5.71 Å². The van der Waals surface area contributed by atoms with Gasteiger partial charge >= 0.3 is 0 Å². The maximum atomic E-state index is 8.52. The van der Waals surface area contributed by atoms with E-state index in [1.54, 1.807) is 6.92 Å². The van der Waals surface area contributed by atoms with Crippen LogP contribution in [0.25, 0.3) is 0 Å². The number of oxime groups is 1. The van der Waals surface area contributed by atoms with Gasteiger partial charge < -0.3 is 16.3 Å². The molecule has 0 saturated heterocycles. The van der Waals surface area contributed by atoms with Crippen LogP contribution in [0.3, 0.4) is 0 Å². The first kappa shape index (κ1) is 17.4. The molecule has 0 spiro atoms. The zero-order valence-corrected chi connectivity index (χ0v) is 11.1. The fraction of sp³-hybridized carbons (Fsp3) is 0.308. The van der Waals surface area contributed by atoms with Crippen molar-refractivity contribution < 1.29 is 5.21 Å². The lowest BCUT2D eigenvalue weighted by atomic mass is 10.1. The summed E-state index contributed by atoms with van der Waals surface area (Å²) >= 11 is 0. The number of hydrogen-bond donors (Lipinski definition) is 3. The van der Waals surface area contributed by atoms with E-state index in [2.05, 4.69) is 22.8 Å². The lowest BCUT2D eigenvalue weighted by Gasteiger charge is -2.02. The Balaban J connectivity index is 0. The summed E-state index contributed by atoms with van der Waals surface area (Å²) in [4.78, 5) is 0. The minimum absolute atomic E-state index is 0.618. The monoisotopic (exact) mass is 237 g/mol. The van der Waals surface area contributed by atoms with Crippen LogP contribution in [-0.4, -0.2) is 18.0 Å². The predicted octanol–water partition coefficient (Wildman–Crippen LogP) is 3.04. The Morgan fingerprint density at radius 1 is 1.47 bits per heavy atom. The summed E-state index contributed by atoms with van der Waals surface area (Å²) in [7, 11) is 1.85. The van der Waals surface area contributed by atoms with E-state index in [9.17, 15) is 0 Å². The van der Waals surface area contributed by atoms with Crippen molar-refractivity contribution in [1.29, 1.82) is 0 Å². The zero-order valence-electron chi connectivity index (χ0n) is 11.1. The van der Waals surface area contributed by atoms with Gasteiger partial charge in [0, 0.05) is 18.3 Å². The Labute approximate surface area is 104 Å². The van der Waals surface area contributed by atoms with Crippen LogP contribution < -0.4 is 11.1 Å². The number of hydrogen-bond acceptors (Lipinski definition) is 4. The Bertz CT molecular complexity index is 335. The number of benzene rings is 1. The summed E-state index contributed by atoms with van der Waals surface area (Å²) in [5.74, 6) is 0. The normalized spacial score (nSPS) is 9.06. The minimum Gasteiger partial charge on any atom is -0.411 e. The van der Waals surface area contributed by atoms with Crippen molar-refractivity contribution in [2.24, 2.45) is 10.9 Å². The third-order valence-electron chi connectivity index (χ3n) is 1.72. The molecule has 1 rings (SSSR count). The second kappa shape index (κ2) is 12.1. The molecule has 1 aromatic rings. The highest BCUT2D eigenvalue weighted by atomic mass is 16.4. The van der Waals surface area contributed by atoms with Gasteiger partial charge in [-0.3, -0.25) is 0 Å². The van der Waals surface area contributed by atoms with Crippen LogP contribution in [0, 0.1) is 0 Å². The van der Waals surface area contributed by atoms with Gasteiger partial charge in [-0.15, -0.1) is 0 Å². The second-order valence-corrected chi connectivity index (χ2v) is 2.75. The van der Waals surface area contributed by atoms with Crippen molar-refractivity contribution in [1.82, 2.24) is 0 Å². The van der Waals surface area contributed by atoms with Gasteiger partial charge in [0.1, 0.15) is 0 Å². The molecule has 96 valence electrons. The van der Waals surface area contributed by atoms with Crippen LogP contribution in [0.15, 0.2) is 42.2 Å². The molecule has 0 aromatic heterocycles. The fourth-order valence-corrected chi connectivity index (χ4v) is 0.957. The summed E-state index contributed by atoms with van der Waals surface area (Å²) in [6.45, 7) is 8.90. The maximum absolute atomic E-state index is 8.52. The van der Waals surface area contributed by atoms with Gasteiger partial charge in [-0.2, -0.15) is 0 Å². The van der Waals surface area contributed by atoms with Crippen LogP contribution in [0.5, 0.6) is 0 Å². The lowest BCUT2D eigenvalue weighted by Crippen LogP contribution is -1.96. The van der Waals surface area contributed by atoms with E-state index in [4.69, 9.17) is 5.21 Å². The van der Waals surface area contributed by atoms with E-state index < -0.39 is 0 Å². The van der Waals surface area contributed by atoms with Crippen molar-refractivity contribution in [3.8, 4) is 0 Å². The molecule has 0 amide bonds. The Morgan fingerprint density at radius 2 is 2.00 bits per heavy atom. The molecule has 0 aliphatic heterocycles. The van der Waals surface area contributed by atoms with Crippen molar-refractivity contribution in [2.45, 2.75) is 20.8 Å². The highest BCUT2D eigenvalue weighted by Gasteiger charge is 1.97. The molecule has 0 radical (unpaired) electrons. The first-order valence-electron chi connectivity index (χ1n) is 5.49. The quantitative estimate of drug-likeness (QED) is 0.420. The molecule has 4 nitrogen and oxygen atoms in total. The van der Waals surface area contributed by atoms with Crippen LogP contribution >= 0.6 is 0 Å². The van der Waals surface area contributed by atoms with E-state index in [1.165, 1.54) is 6.20 Å². The topological polar surface area (TPSA) is 70.6 Å². The molecule has 0 fully saturated rings. The molecule has 0 aliphatic rings. The fourth-order valence-electron chi connectivity index (χ4n) is 0.957. The minimum atomic E-state index is 0.618. The summed E-state index contributed by atoms with van der Waals surface area (Å²) in [5.41, 5.74) is 7.16. The van der Waals surface area contributed by atoms with Crippen molar-refractivity contribution in [3.05, 3.63) is 42.6 Å². The third kappa shape index (κ3) is 7.90. The highest BCUT2D eigenvalue weighted by Crippen LogP contribution is 2.10. The second-order valence-electron chi connectivity index (χ2n) is 2.75. The first-order valence-corrected chi connectivity index (χ1v) is 5.49. The molecule has 17 heavy (non-hydrogen) atoms. The molecule has 0 atom stereocenters. The van der Waals surface area contributed by atoms with Crippen LogP contribution in [0.1, 0.15) is 26.3 Å². The molecule has 0 bridgehead atoms. The number of nitrogens with two attached hydrogens (primary N) is 1. The highest BCUT2D eigenvalue weighted by molar-refractivity contribution is 5.98. The smallest absolute Gasteiger partial charge is 0.0837 e. The molecule has 0 unspecified atom stereocenters. The molecule has 0 saturated carbocycles. The molecular weight excluding hydrogens is 214 g/mol. The summed E-state index contributed by atoms with van der Waals surface area (Å²) in [5, 5.41) is 14.7. The van der Waals surface area contributed by atoms with Crippen LogP contribution in [-0.2, 0) is 0 Å². The standard InChI is InChI=1S/C9H12N2O.C2H5N.C2H6/c1-7(11-12)8-4-3-5-9(6-8)10-2;1-2-3;1-2/h3-6,10,12H,1-2H3;2H,1,3H2;1-2H3/b11-7-;;.